The lowest BCUT2D eigenvalue weighted by atomic mass is 9.99. The summed E-state index contributed by atoms with van der Waals surface area (Å²) in [4.78, 5) is 12.3. The maximum atomic E-state index is 12.3. The molecule has 2 aromatic carbocycles. The molecule has 0 aliphatic rings. The second kappa shape index (κ2) is 5.49. The number of carbonyl (C=O) groups is 1. The van der Waals surface area contributed by atoms with E-state index in [1.165, 1.54) is 5.56 Å². The molecule has 0 atom stereocenters. The summed E-state index contributed by atoms with van der Waals surface area (Å²) in [7, 11) is 0. The molecule has 2 heteroatoms. The lowest BCUT2D eigenvalue weighted by molar-refractivity contribution is 0.0992. The highest BCUT2D eigenvalue weighted by Crippen LogP contribution is 2.21. The molecule has 0 aliphatic heterocycles. The zero-order chi connectivity index (χ0) is 13.1. The van der Waals surface area contributed by atoms with Crippen molar-refractivity contribution in [3.8, 4) is 0 Å². The minimum Gasteiger partial charge on any atom is -0.294 e. The maximum absolute atomic E-state index is 12.3. The van der Waals surface area contributed by atoms with Crippen LogP contribution < -0.4 is 0 Å². The number of hydrogen-bond acceptors (Lipinski definition) is 1. The minimum atomic E-state index is 0.164. The Kier molecular flexibility index (Phi) is 3.97. The van der Waals surface area contributed by atoms with Crippen LogP contribution in [0.3, 0.4) is 0 Å². The van der Waals surface area contributed by atoms with E-state index >= 15 is 0 Å². The lowest BCUT2D eigenvalue weighted by Crippen LogP contribution is -2.05. The molecule has 2 rings (SSSR count). The summed E-state index contributed by atoms with van der Waals surface area (Å²) in [6.07, 6.45) is 0.456. The molecule has 0 aromatic heterocycles. The van der Waals surface area contributed by atoms with Gasteiger partial charge in [-0.2, -0.15) is 0 Å². The Morgan fingerprint density at radius 3 is 2.39 bits per heavy atom. The fraction of sp³-hybridized carbons (Fsp3) is 0.188. The third-order valence-electron chi connectivity index (χ3n) is 3.05. The molecule has 2 aromatic rings. The van der Waals surface area contributed by atoms with Crippen molar-refractivity contribution in [3.63, 3.8) is 0 Å². The van der Waals surface area contributed by atoms with Crippen LogP contribution in [0.5, 0.6) is 0 Å². The molecule has 18 heavy (non-hydrogen) atoms. The Morgan fingerprint density at radius 2 is 1.72 bits per heavy atom. The highest BCUT2D eigenvalue weighted by molar-refractivity contribution is 9.10. The zero-order valence-corrected chi connectivity index (χ0v) is 12.1. The van der Waals surface area contributed by atoms with Gasteiger partial charge in [0.2, 0.25) is 0 Å². The summed E-state index contributed by atoms with van der Waals surface area (Å²) in [6.45, 7) is 4.01. The number of benzene rings is 2. The third kappa shape index (κ3) is 2.88. The van der Waals surface area contributed by atoms with Crippen LogP contribution in [-0.2, 0) is 6.42 Å². The average molecular weight is 303 g/mol. The Bertz CT molecular complexity index is 570. The minimum absolute atomic E-state index is 0.164. The number of aryl methyl sites for hydroxylation is 1. The van der Waals surface area contributed by atoms with Gasteiger partial charge >= 0.3 is 0 Å². The van der Waals surface area contributed by atoms with Gasteiger partial charge in [0.25, 0.3) is 0 Å². The van der Waals surface area contributed by atoms with Gasteiger partial charge in [-0.05, 0) is 31.0 Å². The van der Waals surface area contributed by atoms with Crippen molar-refractivity contribution in [1.29, 1.82) is 0 Å². The molecule has 0 saturated carbocycles. The van der Waals surface area contributed by atoms with E-state index in [4.69, 9.17) is 0 Å². The molecule has 0 radical (unpaired) electrons. The number of hydrogen-bond donors (Lipinski definition) is 0. The first-order chi connectivity index (χ1) is 8.58. The Labute approximate surface area is 116 Å². The topological polar surface area (TPSA) is 17.1 Å². The Hall–Kier alpha value is -1.41. The van der Waals surface area contributed by atoms with Gasteiger partial charge in [0.05, 0.1) is 0 Å². The summed E-state index contributed by atoms with van der Waals surface area (Å²) < 4.78 is 0.984. The lowest BCUT2D eigenvalue weighted by Gasteiger charge is -2.07. The average Bonchev–Trinajstić information content (AvgIpc) is 2.35. The van der Waals surface area contributed by atoms with Crippen LogP contribution in [0.4, 0.5) is 0 Å². The van der Waals surface area contributed by atoms with Crippen molar-refractivity contribution >= 4 is 21.7 Å². The van der Waals surface area contributed by atoms with E-state index in [1.807, 2.05) is 56.3 Å². The van der Waals surface area contributed by atoms with Crippen LogP contribution >= 0.6 is 15.9 Å². The van der Waals surface area contributed by atoms with Crippen molar-refractivity contribution < 1.29 is 4.79 Å². The number of Topliss-reactive ketones (excluding diaryl/α,β-unsaturated/α-hetero) is 1. The molecule has 0 unspecified atom stereocenters. The number of carbonyl (C=O) groups excluding carboxylic acids is 1. The predicted molar refractivity (Wildman–Crippen MR) is 78.1 cm³/mol. The molecule has 1 nitrogen and oxygen atoms in total. The Morgan fingerprint density at radius 1 is 1.06 bits per heavy atom. The van der Waals surface area contributed by atoms with E-state index in [1.54, 1.807) is 0 Å². The number of rotatable bonds is 3. The van der Waals surface area contributed by atoms with Gasteiger partial charge in [0.1, 0.15) is 0 Å². The molecule has 0 bridgehead atoms. The predicted octanol–water partition coefficient (Wildman–Crippen LogP) is 4.49. The van der Waals surface area contributed by atoms with Gasteiger partial charge in [-0.15, -0.1) is 0 Å². The van der Waals surface area contributed by atoms with Crippen LogP contribution in [0, 0.1) is 13.8 Å². The van der Waals surface area contributed by atoms with Crippen LogP contribution in [0.2, 0.25) is 0 Å². The zero-order valence-electron chi connectivity index (χ0n) is 10.5. The van der Waals surface area contributed by atoms with Crippen molar-refractivity contribution in [2.24, 2.45) is 0 Å². The third-order valence-corrected chi connectivity index (χ3v) is 3.91. The number of ketones is 1. The molecule has 92 valence electrons. The monoisotopic (exact) mass is 302 g/mol. The van der Waals surface area contributed by atoms with Gasteiger partial charge < -0.3 is 0 Å². The van der Waals surface area contributed by atoms with E-state index in [-0.39, 0.29) is 5.78 Å². The number of halogens is 1. The summed E-state index contributed by atoms with van der Waals surface area (Å²) in [5, 5.41) is 0. The summed E-state index contributed by atoms with van der Waals surface area (Å²) in [5.41, 5.74) is 4.08. The first-order valence-electron chi connectivity index (χ1n) is 5.92. The summed E-state index contributed by atoms with van der Waals surface area (Å²) in [6, 6.07) is 13.8. The van der Waals surface area contributed by atoms with Gasteiger partial charge in [0, 0.05) is 16.5 Å². The molecule has 0 N–H and O–H groups in total. The highest BCUT2D eigenvalue weighted by atomic mass is 79.9. The smallest absolute Gasteiger partial charge is 0.167 e. The molecule has 0 heterocycles. The van der Waals surface area contributed by atoms with Crippen molar-refractivity contribution in [2.75, 3.05) is 0 Å². The molecule has 0 saturated heterocycles. The molecule has 0 aliphatic carbocycles. The second-order valence-corrected chi connectivity index (χ2v) is 5.35. The van der Waals surface area contributed by atoms with Gasteiger partial charge in [-0.1, -0.05) is 57.9 Å². The van der Waals surface area contributed by atoms with Gasteiger partial charge in [-0.3, -0.25) is 4.79 Å². The summed E-state index contributed by atoms with van der Waals surface area (Å²) >= 11 is 3.46. The molecular weight excluding hydrogens is 288 g/mol. The normalized spacial score (nSPS) is 10.4. The first-order valence-corrected chi connectivity index (χ1v) is 6.71. The summed E-state index contributed by atoms with van der Waals surface area (Å²) in [5.74, 6) is 0.164. The van der Waals surface area contributed by atoms with Crippen LogP contribution in [0.15, 0.2) is 46.9 Å². The molecular formula is C16H15BrO. The second-order valence-electron chi connectivity index (χ2n) is 4.50. The molecule has 0 amide bonds. The van der Waals surface area contributed by atoms with Crippen molar-refractivity contribution in [2.45, 2.75) is 20.3 Å². The fourth-order valence-electron chi connectivity index (χ4n) is 1.90. The standard InChI is InChI=1S/C16H15BrO/c1-11-6-8-13(9-7-11)10-16(18)14-4-3-5-15(17)12(14)2/h3-9H,10H2,1-2H3. The van der Waals surface area contributed by atoms with E-state index in [2.05, 4.69) is 15.9 Å². The van der Waals surface area contributed by atoms with Crippen LogP contribution in [0.25, 0.3) is 0 Å². The molecule has 0 fully saturated rings. The SMILES string of the molecule is Cc1ccc(CC(=O)c2cccc(Br)c2C)cc1. The quantitative estimate of drug-likeness (QED) is 0.763. The largest absolute Gasteiger partial charge is 0.294 e. The Balaban J connectivity index is 2.22. The van der Waals surface area contributed by atoms with E-state index < -0.39 is 0 Å². The van der Waals surface area contributed by atoms with Gasteiger partial charge in [0.15, 0.2) is 5.78 Å². The first kappa shape index (κ1) is 13.0. The van der Waals surface area contributed by atoms with Crippen LogP contribution in [-0.4, -0.2) is 5.78 Å². The highest BCUT2D eigenvalue weighted by Gasteiger charge is 2.11. The van der Waals surface area contributed by atoms with Crippen LogP contribution in [0.1, 0.15) is 27.0 Å². The van der Waals surface area contributed by atoms with Crippen molar-refractivity contribution in [3.05, 3.63) is 69.2 Å². The van der Waals surface area contributed by atoms with Gasteiger partial charge in [-0.25, -0.2) is 0 Å². The van der Waals surface area contributed by atoms with E-state index in [0.717, 1.165) is 21.2 Å². The van der Waals surface area contributed by atoms with E-state index in [9.17, 15) is 4.79 Å². The van der Waals surface area contributed by atoms with E-state index in [0.29, 0.717) is 6.42 Å². The maximum Gasteiger partial charge on any atom is 0.167 e. The fourth-order valence-corrected chi connectivity index (χ4v) is 2.26. The van der Waals surface area contributed by atoms with Crippen molar-refractivity contribution in [1.82, 2.24) is 0 Å². The molecule has 0 spiro atoms.